The highest BCUT2D eigenvalue weighted by Crippen LogP contribution is 2.30. The van der Waals surface area contributed by atoms with Crippen LogP contribution < -0.4 is 14.8 Å². The maximum absolute atomic E-state index is 12.2. The van der Waals surface area contributed by atoms with E-state index in [-0.39, 0.29) is 6.61 Å². The predicted molar refractivity (Wildman–Crippen MR) is 99.4 cm³/mol. The number of carbonyl (C=O) groups excluding carboxylic acids is 2. The Morgan fingerprint density at radius 3 is 2.65 bits per heavy atom. The molecule has 0 saturated heterocycles. The summed E-state index contributed by atoms with van der Waals surface area (Å²) in [7, 11) is 3.05. The SMILES string of the molecule is COc1ccc(OC)c(NC(=O)COC(=O)c2cc3c(s2)CCCC3)c1. The fraction of sp³-hybridized carbons (Fsp3) is 0.368. The molecule has 3 rings (SSSR count). The lowest BCUT2D eigenvalue weighted by molar-refractivity contribution is -0.119. The van der Waals surface area contributed by atoms with Crippen molar-refractivity contribution in [3.63, 3.8) is 0 Å². The van der Waals surface area contributed by atoms with Crippen LogP contribution in [0.15, 0.2) is 24.3 Å². The van der Waals surface area contributed by atoms with Crippen molar-refractivity contribution < 1.29 is 23.8 Å². The molecule has 26 heavy (non-hydrogen) atoms. The van der Waals surface area contributed by atoms with Crippen molar-refractivity contribution in [1.82, 2.24) is 0 Å². The van der Waals surface area contributed by atoms with E-state index in [1.165, 1.54) is 36.0 Å². The Kier molecular flexibility index (Phi) is 5.78. The second-order valence-corrected chi connectivity index (χ2v) is 7.09. The molecule has 1 amide bonds. The van der Waals surface area contributed by atoms with Gasteiger partial charge < -0.3 is 19.5 Å². The van der Waals surface area contributed by atoms with Crippen LogP contribution in [0.5, 0.6) is 11.5 Å². The first-order valence-electron chi connectivity index (χ1n) is 8.41. The Morgan fingerprint density at radius 1 is 1.12 bits per heavy atom. The number of methoxy groups -OCH3 is 2. The van der Waals surface area contributed by atoms with Gasteiger partial charge in [0.25, 0.3) is 5.91 Å². The van der Waals surface area contributed by atoms with E-state index in [1.807, 2.05) is 6.07 Å². The quantitative estimate of drug-likeness (QED) is 0.783. The average molecular weight is 375 g/mol. The van der Waals surface area contributed by atoms with Crippen LogP contribution in [0.1, 0.15) is 33.0 Å². The van der Waals surface area contributed by atoms with Gasteiger partial charge in [0.15, 0.2) is 6.61 Å². The van der Waals surface area contributed by atoms with Crippen LogP contribution in [0.3, 0.4) is 0 Å². The number of ether oxygens (including phenoxy) is 3. The van der Waals surface area contributed by atoms with Crippen molar-refractivity contribution in [2.45, 2.75) is 25.7 Å². The van der Waals surface area contributed by atoms with E-state index in [0.717, 1.165) is 25.7 Å². The van der Waals surface area contributed by atoms with E-state index in [2.05, 4.69) is 5.32 Å². The smallest absolute Gasteiger partial charge is 0.348 e. The lowest BCUT2D eigenvalue weighted by atomic mass is 9.99. The average Bonchev–Trinajstić information content (AvgIpc) is 3.10. The summed E-state index contributed by atoms with van der Waals surface area (Å²) >= 11 is 1.47. The molecule has 1 N–H and O–H groups in total. The minimum Gasteiger partial charge on any atom is -0.497 e. The maximum Gasteiger partial charge on any atom is 0.348 e. The summed E-state index contributed by atoms with van der Waals surface area (Å²) in [6.45, 7) is -0.359. The van der Waals surface area contributed by atoms with E-state index in [0.29, 0.717) is 22.1 Å². The molecule has 0 atom stereocenters. The van der Waals surface area contributed by atoms with Gasteiger partial charge in [0, 0.05) is 10.9 Å². The number of anilines is 1. The second-order valence-electron chi connectivity index (χ2n) is 5.96. The van der Waals surface area contributed by atoms with Crippen LogP contribution in [0.2, 0.25) is 0 Å². The molecule has 6 nitrogen and oxygen atoms in total. The summed E-state index contributed by atoms with van der Waals surface area (Å²) in [6, 6.07) is 6.96. The van der Waals surface area contributed by atoms with Gasteiger partial charge in [-0.3, -0.25) is 4.79 Å². The molecule has 0 fully saturated rings. The maximum atomic E-state index is 12.2. The standard InChI is InChI=1S/C19H21NO5S/c1-23-13-7-8-15(24-2)14(10-13)20-18(21)11-25-19(22)17-9-12-5-3-4-6-16(12)26-17/h7-10H,3-6,11H2,1-2H3,(H,20,21). The minimum atomic E-state index is -0.461. The van der Waals surface area contributed by atoms with Crippen molar-refractivity contribution >= 4 is 28.9 Å². The van der Waals surface area contributed by atoms with E-state index < -0.39 is 11.9 Å². The zero-order chi connectivity index (χ0) is 18.5. The van der Waals surface area contributed by atoms with Gasteiger partial charge in [0.2, 0.25) is 0 Å². The van der Waals surface area contributed by atoms with Crippen LogP contribution in [-0.4, -0.2) is 32.7 Å². The molecule has 0 unspecified atom stereocenters. The highest BCUT2D eigenvalue weighted by molar-refractivity contribution is 7.14. The third-order valence-electron chi connectivity index (χ3n) is 4.21. The number of fused-ring (bicyclic) bond motifs is 1. The molecular formula is C19H21NO5S. The molecule has 1 aliphatic carbocycles. The van der Waals surface area contributed by atoms with E-state index in [1.54, 1.807) is 18.2 Å². The third kappa shape index (κ3) is 4.16. The monoisotopic (exact) mass is 375 g/mol. The number of thiophene rings is 1. The first-order valence-corrected chi connectivity index (χ1v) is 9.23. The summed E-state index contributed by atoms with van der Waals surface area (Å²) in [6.07, 6.45) is 4.34. The molecular weight excluding hydrogens is 354 g/mol. The second kappa shape index (κ2) is 8.23. The van der Waals surface area contributed by atoms with Gasteiger partial charge >= 0.3 is 5.97 Å². The Hall–Kier alpha value is -2.54. The Bertz CT molecular complexity index is 791. The van der Waals surface area contributed by atoms with Crippen LogP contribution >= 0.6 is 11.3 Å². The van der Waals surface area contributed by atoms with Crippen molar-refractivity contribution in [3.05, 3.63) is 39.6 Å². The Labute approximate surface area is 156 Å². The van der Waals surface area contributed by atoms with Gasteiger partial charge in [-0.05, 0) is 49.4 Å². The lowest BCUT2D eigenvalue weighted by Gasteiger charge is -2.11. The van der Waals surface area contributed by atoms with Gasteiger partial charge in [-0.1, -0.05) is 0 Å². The fourth-order valence-corrected chi connectivity index (χ4v) is 4.04. The Morgan fingerprint density at radius 2 is 1.92 bits per heavy atom. The van der Waals surface area contributed by atoms with E-state index in [4.69, 9.17) is 14.2 Å². The van der Waals surface area contributed by atoms with Crippen LogP contribution in [0.4, 0.5) is 5.69 Å². The minimum absolute atomic E-state index is 0.359. The topological polar surface area (TPSA) is 73.9 Å². The van der Waals surface area contributed by atoms with Crippen LogP contribution in [-0.2, 0) is 22.4 Å². The number of benzene rings is 1. The predicted octanol–water partition coefficient (Wildman–Crippen LogP) is 3.44. The Balaban J connectivity index is 1.58. The summed E-state index contributed by atoms with van der Waals surface area (Å²) in [4.78, 5) is 26.2. The fourth-order valence-electron chi connectivity index (χ4n) is 2.89. The number of rotatable bonds is 6. The number of hydrogen-bond donors (Lipinski definition) is 1. The molecule has 0 bridgehead atoms. The van der Waals surface area contributed by atoms with Gasteiger partial charge in [-0.25, -0.2) is 4.79 Å². The first kappa shape index (κ1) is 18.3. The van der Waals surface area contributed by atoms with E-state index in [9.17, 15) is 9.59 Å². The molecule has 2 aromatic rings. The molecule has 138 valence electrons. The number of amides is 1. The third-order valence-corrected chi connectivity index (χ3v) is 5.43. The van der Waals surface area contributed by atoms with Gasteiger partial charge in [-0.2, -0.15) is 0 Å². The van der Waals surface area contributed by atoms with Crippen molar-refractivity contribution in [3.8, 4) is 11.5 Å². The van der Waals surface area contributed by atoms with Gasteiger partial charge in [0.05, 0.1) is 19.9 Å². The van der Waals surface area contributed by atoms with Gasteiger partial charge in [-0.15, -0.1) is 11.3 Å². The van der Waals surface area contributed by atoms with Crippen molar-refractivity contribution in [2.24, 2.45) is 0 Å². The molecule has 0 aliphatic heterocycles. The number of esters is 1. The first-order chi connectivity index (χ1) is 12.6. The van der Waals surface area contributed by atoms with Crippen LogP contribution in [0.25, 0.3) is 0 Å². The molecule has 1 aliphatic rings. The molecule has 1 aromatic heterocycles. The number of hydrogen-bond acceptors (Lipinski definition) is 6. The molecule has 0 saturated carbocycles. The zero-order valence-electron chi connectivity index (χ0n) is 14.8. The summed E-state index contributed by atoms with van der Waals surface area (Å²) in [5.41, 5.74) is 1.69. The molecule has 7 heteroatoms. The summed E-state index contributed by atoms with van der Waals surface area (Å²) < 4.78 is 15.5. The zero-order valence-corrected chi connectivity index (χ0v) is 15.6. The largest absolute Gasteiger partial charge is 0.497 e. The van der Waals surface area contributed by atoms with Crippen molar-refractivity contribution in [2.75, 3.05) is 26.1 Å². The summed E-state index contributed by atoms with van der Waals surface area (Å²) in [5, 5.41) is 2.67. The highest BCUT2D eigenvalue weighted by Gasteiger charge is 2.19. The molecule has 0 radical (unpaired) electrons. The van der Waals surface area contributed by atoms with Crippen molar-refractivity contribution in [1.29, 1.82) is 0 Å². The number of carbonyl (C=O) groups is 2. The number of nitrogens with one attached hydrogen (secondary N) is 1. The van der Waals surface area contributed by atoms with E-state index >= 15 is 0 Å². The normalized spacial score (nSPS) is 12.8. The molecule has 1 aromatic carbocycles. The number of aryl methyl sites for hydroxylation is 2. The highest BCUT2D eigenvalue weighted by atomic mass is 32.1. The molecule has 1 heterocycles. The van der Waals surface area contributed by atoms with Gasteiger partial charge in [0.1, 0.15) is 16.4 Å². The van der Waals surface area contributed by atoms with Crippen LogP contribution in [0, 0.1) is 0 Å². The molecule has 0 spiro atoms. The lowest BCUT2D eigenvalue weighted by Crippen LogP contribution is -2.21. The summed E-state index contributed by atoms with van der Waals surface area (Å²) in [5.74, 6) is 0.182.